The lowest BCUT2D eigenvalue weighted by Gasteiger charge is -2.29. The molecule has 1 heteroatoms. The minimum Gasteiger partial charge on any atom is -0.391 e. The van der Waals surface area contributed by atoms with E-state index in [2.05, 4.69) is 32.7 Å². The van der Waals surface area contributed by atoms with Crippen LogP contribution in [0.3, 0.4) is 0 Å². The zero-order valence-corrected chi connectivity index (χ0v) is 8.56. The van der Waals surface area contributed by atoms with E-state index in [1.165, 1.54) is 12.8 Å². The standard InChI is InChI=1S/C11H21N/c1-5-12-8-11(4)7-9(2)6-10(11)3/h5,9-10,12H,1,6-8H2,2-4H3/t9?,10-,11?/m1/s1. The van der Waals surface area contributed by atoms with Crippen molar-refractivity contribution in [1.29, 1.82) is 0 Å². The van der Waals surface area contributed by atoms with Gasteiger partial charge in [0.15, 0.2) is 0 Å². The van der Waals surface area contributed by atoms with Gasteiger partial charge in [-0.3, -0.25) is 0 Å². The average molecular weight is 167 g/mol. The van der Waals surface area contributed by atoms with Crippen LogP contribution in [0, 0.1) is 17.3 Å². The molecule has 0 aromatic rings. The number of rotatable bonds is 3. The van der Waals surface area contributed by atoms with E-state index in [0.717, 1.165) is 18.4 Å². The van der Waals surface area contributed by atoms with Gasteiger partial charge in [0.05, 0.1) is 0 Å². The van der Waals surface area contributed by atoms with Gasteiger partial charge >= 0.3 is 0 Å². The van der Waals surface area contributed by atoms with Gasteiger partial charge in [-0.05, 0) is 36.3 Å². The van der Waals surface area contributed by atoms with Crippen LogP contribution in [-0.2, 0) is 0 Å². The summed E-state index contributed by atoms with van der Waals surface area (Å²) in [6.45, 7) is 11.9. The van der Waals surface area contributed by atoms with Crippen LogP contribution in [0.5, 0.6) is 0 Å². The zero-order chi connectivity index (χ0) is 9.19. The average Bonchev–Trinajstić information content (AvgIpc) is 2.23. The van der Waals surface area contributed by atoms with Crippen LogP contribution in [0.4, 0.5) is 0 Å². The molecule has 0 aromatic heterocycles. The summed E-state index contributed by atoms with van der Waals surface area (Å²) in [5.74, 6) is 1.75. The Kier molecular flexibility index (Phi) is 2.81. The minimum absolute atomic E-state index is 0.494. The fourth-order valence-electron chi connectivity index (χ4n) is 2.52. The van der Waals surface area contributed by atoms with Crippen LogP contribution in [0.15, 0.2) is 12.8 Å². The first-order valence-electron chi connectivity index (χ1n) is 4.93. The molecule has 12 heavy (non-hydrogen) atoms. The van der Waals surface area contributed by atoms with Gasteiger partial charge in [0, 0.05) is 6.54 Å². The van der Waals surface area contributed by atoms with Crippen LogP contribution < -0.4 is 5.32 Å². The van der Waals surface area contributed by atoms with Crippen LogP contribution in [0.2, 0.25) is 0 Å². The molecule has 0 heterocycles. The predicted molar refractivity (Wildman–Crippen MR) is 53.9 cm³/mol. The smallest absolute Gasteiger partial charge is 0.0197 e. The minimum atomic E-state index is 0.494. The largest absolute Gasteiger partial charge is 0.391 e. The van der Waals surface area contributed by atoms with Crippen molar-refractivity contribution in [2.24, 2.45) is 17.3 Å². The first-order valence-corrected chi connectivity index (χ1v) is 4.93. The fourth-order valence-corrected chi connectivity index (χ4v) is 2.52. The van der Waals surface area contributed by atoms with Gasteiger partial charge in [0.1, 0.15) is 0 Å². The normalized spacial score (nSPS) is 41.2. The van der Waals surface area contributed by atoms with Crippen molar-refractivity contribution in [3.05, 3.63) is 12.8 Å². The number of nitrogens with one attached hydrogen (secondary N) is 1. The van der Waals surface area contributed by atoms with Crippen LogP contribution in [0.25, 0.3) is 0 Å². The maximum Gasteiger partial charge on any atom is 0.0197 e. The lowest BCUT2D eigenvalue weighted by atomic mass is 9.81. The van der Waals surface area contributed by atoms with Crippen molar-refractivity contribution >= 4 is 0 Å². The highest BCUT2D eigenvalue weighted by Gasteiger charge is 2.38. The third kappa shape index (κ3) is 1.82. The van der Waals surface area contributed by atoms with Gasteiger partial charge in [0.2, 0.25) is 0 Å². The summed E-state index contributed by atoms with van der Waals surface area (Å²) in [5, 5.41) is 3.25. The fraction of sp³-hybridized carbons (Fsp3) is 0.818. The molecule has 0 spiro atoms. The van der Waals surface area contributed by atoms with E-state index in [4.69, 9.17) is 0 Å². The summed E-state index contributed by atoms with van der Waals surface area (Å²) in [4.78, 5) is 0. The Morgan fingerprint density at radius 3 is 2.67 bits per heavy atom. The molecule has 3 atom stereocenters. The molecule has 70 valence electrons. The maximum absolute atomic E-state index is 3.69. The highest BCUT2D eigenvalue weighted by molar-refractivity contribution is 4.91. The molecule has 0 saturated heterocycles. The Morgan fingerprint density at radius 1 is 1.58 bits per heavy atom. The summed E-state index contributed by atoms with van der Waals surface area (Å²) in [7, 11) is 0. The molecule has 0 radical (unpaired) electrons. The summed E-state index contributed by atoms with van der Waals surface area (Å²) < 4.78 is 0. The molecular weight excluding hydrogens is 146 g/mol. The quantitative estimate of drug-likeness (QED) is 0.681. The molecule has 0 aromatic carbocycles. The van der Waals surface area contributed by atoms with E-state index in [-0.39, 0.29) is 0 Å². The van der Waals surface area contributed by atoms with Crippen molar-refractivity contribution < 1.29 is 0 Å². The van der Waals surface area contributed by atoms with Crippen molar-refractivity contribution in [2.75, 3.05) is 6.54 Å². The van der Waals surface area contributed by atoms with E-state index in [0.29, 0.717) is 5.41 Å². The summed E-state index contributed by atoms with van der Waals surface area (Å²) in [5.41, 5.74) is 0.494. The lowest BCUT2D eigenvalue weighted by molar-refractivity contribution is 0.242. The molecule has 1 N–H and O–H groups in total. The Morgan fingerprint density at radius 2 is 2.25 bits per heavy atom. The van der Waals surface area contributed by atoms with E-state index in [1.54, 1.807) is 6.20 Å². The molecule has 2 unspecified atom stereocenters. The van der Waals surface area contributed by atoms with Gasteiger partial charge in [-0.2, -0.15) is 0 Å². The molecule has 1 fully saturated rings. The van der Waals surface area contributed by atoms with Gasteiger partial charge < -0.3 is 5.32 Å². The second-order valence-electron chi connectivity index (χ2n) is 4.69. The highest BCUT2D eigenvalue weighted by atomic mass is 14.8. The Bertz CT molecular complexity index is 164. The molecule has 1 rings (SSSR count). The Hall–Kier alpha value is -0.460. The third-order valence-corrected chi connectivity index (χ3v) is 3.41. The SMILES string of the molecule is C=CNCC1(C)CC(C)C[C@H]1C. The second-order valence-corrected chi connectivity index (χ2v) is 4.69. The van der Waals surface area contributed by atoms with Gasteiger partial charge in [0.25, 0.3) is 0 Å². The first kappa shape index (κ1) is 9.63. The Labute approximate surface area is 76.2 Å². The molecule has 1 saturated carbocycles. The molecular formula is C11H21N. The van der Waals surface area contributed by atoms with Gasteiger partial charge in [-0.1, -0.05) is 27.4 Å². The van der Waals surface area contributed by atoms with Gasteiger partial charge in [-0.15, -0.1) is 0 Å². The van der Waals surface area contributed by atoms with E-state index >= 15 is 0 Å². The van der Waals surface area contributed by atoms with Gasteiger partial charge in [-0.25, -0.2) is 0 Å². The number of hydrogen-bond donors (Lipinski definition) is 1. The topological polar surface area (TPSA) is 12.0 Å². The summed E-state index contributed by atoms with van der Waals surface area (Å²) in [6, 6.07) is 0. The monoisotopic (exact) mass is 167 g/mol. The first-order chi connectivity index (χ1) is 5.58. The molecule has 1 aliphatic rings. The summed E-state index contributed by atoms with van der Waals surface area (Å²) >= 11 is 0. The molecule has 1 nitrogen and oxygen atoms in total. The maximum atomic E-state index is 3.69. The predicted octanol–water partition coefficient (Wildman–Crippen LogP) is 2.79. The van der Waals surface area contributed by atoms with Crippen molar-refractivity contribution in [3.63, 3.8) is 0 Å². The molecule has 1 aliphatic carbocycles. The van der Waals surface area contributed by atoms with Crippen LogP contribution >= 0.6 is 0 Å². The zero-order valence-electron chi connectivity index (χ0n) is 8.56. The van der Waals surface area contributed by atoms with Crippen molar-refractivity contribution in [1.82, 2.24) is 5.32 Å². The van der Waals surface area contributed by atoms with E-state index < -0.39 is 0 Å². The Balaban J connectivity index is 2.51. The second kappa shape index (κ2) is 3.51. The van der Waals surface area contributed by atoms with E-state index in [9.17, 15) is 0 Å². The summed E-state index contributed by atoms with van der Waals surface area (Å²) in [6.07, 6.45) is 4.55. The van der Waals surface area contributed by atoms with Crippen LogP contribution in [-0.4, -0.2) is 6.54 Å². The van der Waals surface area contributed by atoms with E-state index in [1.807, 2.05) is 0 Å². The third-order valence-electron chi connectivity index (χ3n) is 3.41. The molecule has 0 aliphatic heterocycles. The number of hydrogen-bond acceptors (Lipinski definition) is 1. The van der Waals surface area contributed by atoms with Crippen LogP contribution in [0.1, 0.15) is 33.6 Å². The molecule has 0 bridgehead atoms. The van der Waals surface area contributed by atoms with Crippen molar-refractivity contribution in [2.45, 2.75) is 33.6 Å². The molecule has 0 amide bonds. The van der Waals surface area contributed by atoms with Crippen molar-refractivity contribution in [3.8, 4) is 0 Å². The lowest BCUT2D eigenvalue weighted by Crippen LogP contribution is -2.31. The highest BCUT2D eigenvalue weighted by Crippen LogP contribution is 2.45.